The summed E-state index contributed by atoms with van der Waals surface area (Å²) >= 11 is 1.66. The van der Waals surface area contributed by atoms with Crippen LogP contribution in [0.2, 0.25) is 0 Å². The molecule has 5 heteroatoms. The lowest BCUT2D eigenvalue weighted by molar-refractivity contribution is 0.627. The monoisotopic (exact) mass is 265 g/mol. The van der Waals surface area contributed by atoms with Crippen molar-refractivity contribution in [2.45, 2.75) is 19.3 Å². The van der Waals surface area contributed by atoms with Gasteiger partial charge in [-0.3, -0.25) is 0 Å². The molecule has 2 rings (SSSR count). The highest BCUT2D eigenvalue weighted by molar-refractivity contribution is 7.11. The number of hydrogen-bond donors (Lipinski definition) is 1. The van der Waals surface area contributed by atoms with E-state index in [9.17, 15) is 4.39 Å². The number of nitrogens with one attached hydrogen (secondary N) is 1. The summed E-state index contributed by atoms with van der Waals surface area (Å²) in [6.07, 6.45) is 2.66. The van der Waals surface area contributed by atoms with E-state index >= 15 is 0 Å². The van der Waals surface area contributed by atoms with Crippen LogP contribution in [0.15, 0.2) is 24.3 Å². The van der Waals surface area contributed by atoms with Crippen LogP contribution in [-0.2, 0) is 19.3 Å². The molecule has 0 bridgehead atoms. The molecule has 1 aromatic carbocycles. The van der Waals surface area contributed by atoms with Crippen LogP contribution in [0.5, 0.6) is 0 Å². The molecule has 0 saturated carbocycles. The number of halogens is 1. The number of aryl methyl sites for hydroxylation is 2. The molecule has 0 aliphatic carbocycles. The van der Waals surface area contributed by atoms with Crippen LogP contribution in [-0.4, -0.2) is 23.8 Å². The Balaban J connectivity index is 1.86. The smallest absolute Gasteiger partial charge is 0.123 e. The maximum atomic E-state index is 12.7. The Bertz CT molecular complexity index is 481. The second-order valence-corrected chi connectivity index (χ2v) is 5.22. The molecule has 0 aliphatic heterocycles. The van der Waals surface area contributed by atoms with Gasteiger partial charge in [0, 0.05) is 19.4 Å². The summed E-state index contributed by atoms with van der Waals surface area (Å²) in [5.74, 6) is -0.191. The van der Waals surface area contributed by atoms with Crippen LogP contribution >= 0.6 is 11.3 Å². The maximum absolute atomic E-state index is 12.7. The molecule has 2 aromatic rings. The van der Waals surface area contributed by atoms with Gasteiger partial charge in [0.2, 0.25) is 0 Å². The lowest BCUT2D eigenvalue weighted by Crippen LogP contribution is -2.09. The Labute approximate surface area is 110 Å². The molecule has 0 spiro atoms. The summed E-state index contributed by atoms with van der Waals surface area (Å²) in [4.78, 5) is 0. The van der Waals surface area contributed by atoms with E-state index in [2.05, 4.69) is 15.5 Å². The van der Waals surface area contributed by atoms with Gasteiger partial charge < -0.3 is 5.32 Å². The Kier molecular flexibility index (Phi) is 4.78. The fraction of sp³-hybridized carbons (Fsp3) is 0.385. The third-order valence-corrected chi connectivity index (χ3v) is 3.68. The largest absolute Gasteiger partial charge is 0.319 e. The topological polar surface area (TPSA) is 37.8 Å². The predicted molar refractivity (Wildman–Crippen MR) is 71.3 cm³/mol. The van der Waals surface area contributed by atoms with E-state index in [1.54, 1.807) is 11.3 Å². The summed E-state index contributed by atoms with van der Waals surface area (Å²) in [6, 6.07) is 6.62. The van der Waals surface area contributed by atoms with Crippen molar-refractivity contribution in [3.8, 4) is 0 Å². The zero-order chi connectivity index (χ0) is 12.8. The summed E-state index contributed by atoms with van der Waals surface area (Å²) < 4.78 is 12.7. The van der Waals surface area contributed by atoms with Crippen molar-refractivity contribution >= 4 is 11.3 Å². The first kappa shape index (κ1) is 13.1. The van der Waals surface area contributed by atoms with Crippen LogP contribution in [0.3, 0.4) is 0 Å². The molecule has 3 nitrogen and oxygen atoms in total. The second kappa shape index (κ2) is 6.56. The number of aromatic nitrogens is 2. The molecule has 0 radical (unpaired) electrons. The van der Waals surface area contributed by atoms with Crippen molar-refractivity contribution < 1.29 is 4.39 Å². The highest BCUT2D eigenvalue weighted by atomic mass is 32.1. The Morgan fingerprint density at radius 1 is 1.06 bits per heavy atom. The molecule has 0 saturated heterocycles. The van der Waals surface area contributed by atoms with Crippen LogP contribution in [0.1, 0.15) is 15.6 Å². The van der Waals surface area contributed by atoms with Gasteiger partial charge in [0.25, 0.3) is 0 Å². The number of likely N-dealkylation sites (N-methyl/N-ethyl adjacent to an activating group) is 1. The number of hydrogen-bond acceptors (Lipinski definition) is 4. The van der Waals surface area contributed by atoms with E-state index in [0.717, 1.165) is 41.4 Å². The minimum atomic E-state index is -0.191. The highest BCUT2D eigenvalue weighted by Gasteiger charge is 2.04. The minimum absolute atomic E-state index is 0.191. The maximum Gasteiger partial charge on any atom is 0.123 e. The molecule has 0 aliphatic rings. The van der Waals surface area contributed by atoms with Gasteiger partial charge in [-0.1, -0.05) is 12.1 Å². The normalized spacial score (nSPS) is 10.8. The molecular formula is C13H16FN3S. The standard InChI is InChI=1S/C13H16FN3S/c1-15-9-8-13-17-16-12(18-13)7-4-10-2-5-11(14)6-3-10/h2-3,5-6,15H,4,7-9H2,1H3. The summed E-state index contributed by atoms with van der Waals surface area (Å²) in [7, 11) is 1.93. The van der Waals surface area contributed by atoms with Gasteiger partial charge in [-0.15, -0.1) is 21.5 Å². The van der Waals surface area contributed by atoms with E-state index < -0.39 is 0 Å². The van der Waals surface area contributed by atoms with Gasteiger partial charge in [0.05, 0.1) is 0 Å². The third kappa shape index (κ3) is 3.85. The van der Waals surface area contributed by atoms with E-state index in [1.165, 1.54) is 12.1 Å². The number of nitrogens with zero attached hydrogens (tertiary/aromatic N) is 2. The first-order valence-corrected chi connectivity index (χ1v) is 6.80. The first-order chi connectivity index (χ1) is 8.78. The van der Waals surface area contributed by atoms with Crippen molar-refractivity contribution in [2.24, 2.45) is 0 Å². The molecule has 0 atom stereocenters. The van der Waals surface area contributed by atoms with Gasteiger partial charge in [-0.25, -0.2) is 4.39 Å². The van der Waals surface area contributed by atoms with Gasteiger partial charge in [-0.05, 0) is 31.2 Å². The van der Waals surface area contributed by atoms with Crippen molar-refractivity contribution in [3.63, 3.8) is 0 Å². The molecule has 0 fully saturated rings. The lowest BCUT2D eigenvalue weighted by Gasteiger charge is -1.98. The third-order valence-electron chi connectivity index (χ3n) is 2.64. The molecule has 1 aromatic heterocycles. The zero-order valence-electron chi connectivity index (χ0n) is 10.3. The molecular weight excluding hydrogens is 249 g/mol. The molecule has 1 N–H and O–H groups in total. The number of rotatable bonds is 6. The summed E-state index contributed by atoms with van der Waals surface area (Å²) in [6.45, 7) is 0.923. The zero-order valence-corrected chi connectivity index (χ0v) is 11.1. The van der Waals surface area contributed by atoms with Crippen molar-refractivity contribution in [3.05, 3.63) is 45.7 Å². The van der Waals surface area contributed by atoms with Crippen LogP contribution in [0.25, 0.3) is 0 Å². The summed E-state index contributed by atoms with van der Waals surface area (Å²) in [5.41, 5.74) is 1.13. The molecule has 0 unspecified atom stereocenters. The molecule has 18 heavy (non-hydrogen) atoms. The quantitative estimate of drug-likeness (QED) is 0.870. The first-order valence-electron chi connectivity index (χ1n) is 5.98. The Morgan fingerprint density at radius 3 is 2.39 bits per heavy atom. The predicted octanol–water partition coefficient (Wildman–Crippen LogP) is 2.22. The van der Waals surface area contributed by atoms with Gasteiger partial charge in [-0.2, -0.15) is 0 Å². The minimum Gasteiger partial charge on any atom is -0.319 e. The fourth-order valence-electron chi connectivity index (χ4n) is 1.62. The SMILES string of the molecule is CNCCc1nnc(CCc2ccc(F)cc2)s1. The molecule has 0 amide bonds. The van der Waals surface area contributed by atoms with Gasteiger partial charge in [0.15, 0.2) is 0 Å². The van der Waals surface area contributed by atoms with Crippen LogP contribution in [0.4, 0.5) is 4.39 Å². The molecule has 96 valence electrons. The van der Waals surface area contributed by atoms with E-state index in [1.807, 2.05) is 19.2 Å². The van der Waals surface area contributed by atoms with Gasteiger partial charge >= 0.3 is 0 Å². The van der Waals surface area contributed by atoms with Crippen LogP contribution in [0, 0.1) is 5.82 Å². The van der Waals surface area contributed by atoms with Gasteiger partial charge in [0.1, 0.15) is 15.8 Å². The fourth-order valence-corrected chi connectivity index (χ4v) is 2.47. The lowest BCUT2D eigenvalue weighted by atomic mass is 10.1. The van der Waals surface area contributed by atoms with E-state index in [0.29, 0.717) is 0 Å². The molecule has 1 heterocycles. The van der Waals surface area contributed by atoms with Crippen molar-refractivity contribution in [1.82, 2.24) is 15.5 Å². The van der Waals surface area contributed by atoms with Crippen LogP contribution < -0.4 is 5.32 Å². The highest BCUT2D eigenvalue weighted by Crippen LogP contribution is 2.13. The number of benzene rings is 1. The van der Waals surface area contributed by atoms with Crippen molar-refractivity contribution in [2.75, 3.05) is 13.6 Å². The van der Waals surface area contributed by atoms with E-state index in [-0.39, 0.29) is 5.82 Å². The average molecular weight is 265 g/mol. The Morgan fingerprint density at radius 2 is 1.72 bits per heavy atom. The van der Waals surface area contributed by atoms with Crippen molar-refractivity contribution in [1.29, 1.82) is 0 Å². The summed E-state index contributed by atoms with van der Waals surface area (Å²) in [5, 5.41) is 13.5. The Hall–Kier alpha value is -1.33. The second-order valence-electron chi connectivity index (χ2n) is 4.07. The average Bonchev–Trinajstić information content (AvgIpc) is 2.84. The van der Waals surface area contributed by atoms with E-state index in [4.69, 9.17) is 0 Å².